The average molecular weight is 409 g/mol. The van der Waals surface area contributed by atoms with E-state index in [9.17, 15) is 9.90 Å². The van der Waals surface area contributed by atoms with Crippen LogP contribution in [0.4, 0.5) is 4.79 Å². The molecule has 1 aromatic carbocycles. The third-order valence-electron chi connectivity index (χ3n) is 5.54. The van der Waals surface area contributed by atoms with Crippen LogP contribution in [0.15, 0.2) is 22.7 Å². The number of nitrogens with zero attached hydrogens (tertiary/aromatic N) is 1. The monoisotopic (exact) mass is 408 g/mol. The summed E-state index contributed by atoms with van der Waals surface area (Å²) in [6, 6.07) is 1.80. The first kappa shape index (κ1) is 16.7. The Morgan fingerprint density at radius 2 is 2.36 bits per heavy atom. The lowest BCUT2D eigenvalue weighted by Crippen LogP contribution is -2.44. The van der Waals surface area contributed by atoms with Crippen molar-refractivity contribution in [3.63, 3.8) is 0 Å². The fraction of sp³-hybridized carbons (Fsp3) is 0.500. The molecule has 1 spiro atoms. The van der Waals surface area contributed by atoms with Crippen LogP contribution in [0.2, 0.25) is 0 Å². The summed E-state index contributed by atoms with van der Waals surface area (Å²) in [4.78, 5) is 14.1. The zero-order chi connectivity index (χ0) is 17.8. The molecule has 2 heterocycles. The van der Waals surface area contributed by atoms with Crippen molar-refractivity contribution in [3.8, 4) is 11.5 Å². The van der Waals surface area contributed by atoms with Gasteiger partial charge in [0.2, 0.25) is 0 Å². The maximum Gasteiger partial charge on any atom is 0.317 e. The highest BCUT2D eigenvalue weighted by Crippen LogP contribution is 2.57. The third kappa shape index (κ3) is 2.36. The molecule has 3 unspecified atom stereocenters. The first-order valence-electron chi connectivity index (χ1n) is 8.40. The first-order chi connectivity index (χ1) is 12.0. The van der Waals surface area contributed by atoms with Crippen LogP contribution in [-0.2, 0) is 12.0 Å². The number of ether oxygens (including phenoxy) is 2. The number of methoxy groups -OCH3 is 1. The van der Waals surface area contributed by atoms with Gasteiger partial charge in [-0.15, -0.1) is 0 Å². The van der Waals surface area contributed by atoms with E-state index in [-0.39, 0.29) is 17.6 Å². The Morgan fingerprint density at radius 3 is 3.08 bits per heavy atom. The molecule has 0 bridgehead atoms. The van der Waals surface area contributed by atoms with E-state index in [2.05, 4.69) is 27.3 Å². The number of amides is 2. The number of aliphatic hydroxyl groups excluding tert-OH is 1. The van der Waals surface area contributed by atoms with E-state index in [1.165, 1.54) is 0 Å². The van der Waals surface area contributed by atoms with Crippen LogP contribution in [0.25, 0.3) is 0 Å². The minimum Gasteiger partial charge on any atom is -0.493 e. The quantitative estimate of drug-likeness (QED) is 0.699. The Kier molecular flexibility index (Phi) is 3.96. The van der Waals surface area contributed by atoms with Gasteiger partial charge >= 0.3 is 6.03 Å². The molecule has 0 aromatic heterocycles. The van der Waals surface area contributed by atoms with Crippen LogP contribution in [0.1, 0.15) is 24.0 Å². The standard InChI is InChI=1S/C18H21BrN2O4/c1-20-17(23)21-6-5-18-4-3-10(22)7-14(18)25-16-13(24-2)8-12(19)11(9-21)15(16)18/h3-4,8,10,14,22H,5-7,9H2,1-2H3,(H,20,23). The smallest absolute Gasteiger partial charge is 0.317 e. The fourth-order valence-electron chi connectivity index (χ4n) is 4.29. The Bertz CT molecular complexity index is 766. The molecule has 0 radical (unpaired) electrons. The number of halogens is 1. The van der Waals surface area contributed by atoms with Crippen LogP contribution in [-0.4, -0.2) is 48.9 Å². The number of benzene rings is 1. The number of urea groups is 1. The lowest BCUT2D eigenvalue weighted by atomic mass is 9.69. The van der Waals surface area contributed by atoms with Crippen molar-refractivity contribution in [1.29, 1.82) is 0 Å². The van der Waals surface area contributed by atoms with Crippen molar-refractivity contribution in [2.45, 2.75) is 37.0 Å². The molecule has 0 saturated heterocycles. The molecule has 2 aliphatic heterocycles. The molecule has 3 aliphatic rings. The predicted molar refractivity (Wildman–Crippen MR) is 96.0 cm³/mol. The van der Waals surface area contributed by atoms with Gasteiger partial charge in [0, 0.05) is 36.6 Å². The molecule has 1 aliphatic carbocycles. The summed E-state index contributed by atoms with van der Waals surface area (Å²) in [5.41, 5.74) is 1.78. The highest BCUT2D eigenvalue weighted by atomic mass is 79.9. The van der Waals surface area contributed by atoms with Gasteiger partial charge in [-0.3, -0.25) is 0 Å². The maximum absolute atomic E-state index is 12.3. The van der Waals surface area contributed by atoms with Gasteiger partial charge in [-0.2, -0.15) is 0 Å². The molecule has 2 amide bonds. The zero-order valence-corrected chi connectivity index (χ0v) is 15.8. The highest BCUT2D eigenvalue weighted by Gasteiger charge is 2.53. The minimum atomic E-state index is -0.513. The molecular formula is C18H21BrN2O4. The van der Waals surface area contributed by atoms with Gasteiger partial charge in [0.05, 0.1) is 18.6 Å². The first-order valence-corrected chi connectivity index (χ1v) is 9.20. The number of carbonyl (C=O) groups excluding carboxylic acids is 1. The van der Waals surface area contributed by atoms with Gasteiger partial charge < -0.3 is 24.8 Å². The lowest BCUT2D eigenvalue weighted by molar-refractivity contribution is 0.0821. The van der Waals surface area contributed by atoms with Crippen LogP contribution in [0.5, 0.6) is 11.5 Å². The van der Waals surface area contributed by atoms with E-state index in [1.807, 2.05) is 17.0 Å². The zero-order valence-electron chi connectivity index (χ0n) is 14.2. The summed E-state index contributed by atoms with van der Waals surface area (Å²) < 4.78 is 12.7. The van der Waals surface area contributed by atoms with Crippen LogP contribution < -0.4 is 14.8 Å². The molecule has 2 N–H and O–H groups in total. The molecule has 4 rings (SSSR count). The largest absolute Gasteiger partial charge is 0.493 e. The maximum atomic E-state index is 12.3. The fourth-order valence-corrected chi connectivity index (χ4v) is 4.82. The second-order valence-corrected chi connectivity index (χ2v) is 7.63. The molecule has 0 fully saturated rings. The van der Waals surface area contributed by atoms with Gasteiger partial charge in [-0.05, 0) is 18.1 Å². The molecule has 7 heteroatoms. The SMILES string of the molecule is CNC(=O)N1CCC23C=CC(O)CC2Oc2c(OC)cc(Br)c(c23)C1. The molecule has 6 nitrogen and oxygen atoms in total. The van der Waals surface area contributed by atoms with Crippen molar-refractivity contribution in [2.75, 3.05) is 20.7 Å². The normalized spacial score (nSPS) is 29.4. The van der Waals surface area contributed by atoms with Gasteiger partial charge in [-0.1, -0.05) is 28.1 Å². The topological polar surface area (TPSA) is 71.0 Å². The molecule has 134 valence electrons. The van der Waals surface area contributed by atoms with E-state index >= 15 is 0 Å². The summed E-state index contributed by atoms with van der Waals surface area (Å²) in [6.07, 6.45) is 4.52. The minimum absolute atomic E-state index is 0.0925. The van der Waals surface area contributed by atoms with E-state index in [4.69, 9.17) is 9.47 Å². The van der Waals surface area contributed by atoms with Gasteiger partial charge in [0.1, 0.15) is 6.10 Å². The summed E-state index contributed by atoms with van der Waals surface area (Å²) in [5.74, 6) is 1.42. The van der Waals surface area contributed by atoms with E-state index in [1.54, 1.807) is 14.2 Å². The highest BCUT2D eigenvalue weighted by molar-refractivity contribution is 9.10. The van der Waals surface area contributed by atoms with Crippen molar-refractivity contribution in [1.82, 2.24) is 10.2 Å². The van der Waals surface area contributed by atoms with Gasteiger partial charge in [0.15, 0.2) is 11.5 Å². The Hall–Kier alpha value is -1.73. The summed E-state index contributed by atoms with van der Waals surface area (Å²) >= 11 is 3.65. The predicted octanol–water partition coefficient (Wildman–Crippen LogP) is 2.32. The molecular weight excluding hydrogens is 388 g/mol. The average Bonchev–Trinajstić information content (AvgIpc) is 2.82. The Balaban J connectivity index is 1.93. The van der Waals surface area contributed by atoms with Crippen LogP contribution >= 0.6 is 15.9 Å². The molecule has 1 aromatic rings. The molecule has 0 saturated carbocycles. The van der Waals surface area contributed by atoms with E-state index < -0.39 is 6.10 Å². The number of rotatable bonds is 1. The number of nitrogens with one attached hydrogen (secondary N) is 1. The molecule has 3 atom stereocenters. The molecule has 25 heavy (non-hydrogen) atoms. The van der Waals surface area contributed by atoms with Gasteiger partial charge in [-0.25, -0.2) is 4.79 Å². The Labute approximate surface area is 154 Å². The second-order valence-electron chi connectivity index (χ2n) is 6.78. The summed E-state index contributed by atoms with van der Waals surface area (Å²) in [6.45, 7) is 1.11. The summed E-state index contributed by atoms with van der Waals surface area (Å²) in [5, 5.41) is 12.8. The summed E-state index contributed by atoms with van der Waals surface area (Å²) in [7, 11) is 3.27. The van der Waals surface area contributed by atoms with Crippen LogP contribution in [0, 0.1) is 0 Å². The van der Waals surface area contributed by atoms with Crippen molar-refractivity contribution >= 4 is 22.0 Å². The Morgan fingerprint density at radius 1 is 1.56 bits per heavy atom. The van der Waals surface area contributed by atoms with Crippen molar-refractivity contribution < 1.29 is 19.4 Å². The van der Waals surface area contributed by atoms with Crippen LogP contribution in [0.3, 0.4) is 0 Å². The lowest BCUT2D eigenvalue weighted by Gasteiger charge is -2.35. The van der Waals surface area contributed by atoms with E-state index in [0.717, 1.165) is 27.8 Å². The third-order valence-corrected chi connectivity index (χ3v) is 6.24. The van der Waals surface area contributed by atoms with E-state index in [0.29, 0.717) is 25.3 Å². The van der Waals surface area contributed by atoms with Crippen molar-refractivity contribution in [3.05, 3.63) is 33.8 Å². The number of carbonyl (C=O) groups is 1. The number of aliphatic hydroxyl groups is 1. The number of hydrogen-bond acceptors (Lipinski definition) is 4. The number of hydrogen-bond donors (Lipinski definition) is 2. The van der Waals surface area contributed by atoms with Gasteiger partial charge in [0.25, 0.3) is 0 Å². The second kappa shape index (κ2) is 5.92. The van der Waals surface area contributed by atoms with Crippen molar-refractivity contribution in [2.24, 2.45) is 0 Å².